The molecule has 9 nitrogen and oxygen atoms in total. The van der Waals surface area contributed by atoms with Gasteiger partial charge in [0.1, 0.15) is 12.1 Å². The number of hydroxylamine groups is 2. The van der Waals surface area contributed by atoms with E-state index in [0.29, 0.717) is 43.2 Å². The molecule has 2 saturated heterocycles. The van der Waals surface area contributed by atoms with Gasteiger partial charge < -0.3 is 9.64 Å². The normalized spacial score (nSPS) is 23.4. The number of hydrogen-bond acceptors (Lipinski definition) is 7. The molecule has 174 valence electrons. The molecule has 4 amide bonds. The summed E-state index contributed by atoms with van der Waals surface area (Å²) in [6, 6.07) is -0.739. The number of rotatable bonds is 8. The zero-order valence-electron chi connectivity index (χ0n) is 17.9. The third kappa shape index (κ3) is 6.83. The molecule has 2 aliphatic heterocycles. The number of alkyl carbamates (subject to hydrolysis) is 1. The number of carbonyl (C=O) groups excluding carboxylic acids is 4. The van der Waals surface area contributed by atoms with Gasteiger partial charge in [0.15, 0.2) is 0 Å². The van der Waals surface area contributed by atoms with Crippen LogP contribution in [0.2, 0.25) is 0 Å². The number of nitrogens with zero attached hydrogens (tertiary/aromatic N) is 2. The monoisotopic (exact) mass is 455 g/mol. The first-order valence-corrected chi connectivity index (χ1v) is 12.4. The van der Waals surface area contributed by atoms with Gasteiger partial charge in [-0.3, -0.25) is 24.9 Å². The predicted octanol–water partition coefficient (Wildman–Crippen LogP) is 2.17. The zero-order chi connectivity index (χ0) is 22.2. The van der Waals surface area contributed by atoms with Crippen LogP contribution in [0.25, 0.3) is 0 Å². The second-order valence-electron chi connectivity index (χ2n) is 8.71. The molecule has 1 unspecified atom stereocenters. The fourth-order valence-corrected chi connectivity index (χ4v) is 5.93. The Balaban J connectivity index is 1.58. The molecule has 0 aromatic heterocycles. The molecule has 0 aromatic rings. The highest BCUT2D eigenvalue weighted by Crippen LogP contribution is 2.32. The Morgan fingerprint density at radius 3 is 2.52 bits per heavy atom. The van der Waals surface area contributed by atoms with Crippen molar-refractivity contribution in [1.29, 1.82) is 0 Å². The van der Waals surface area contributed by atoms with Crippen LogP contribution in [0.15, 0.2) is 0 Å². The molecule has 3 aliphatic rings. The van der Waals surface area contributed by atoms with Gasteiger partial charge in [0.25, 0.3) is 5.91 Å². The van der Waals surface area contributed by atoms with Gasteiger partial charge in [-0.05, 0) is 49.5 Å². The summed E-state index contributed by atoms with van der Waals surface area (Å²) in [7, 11) is 0. The fraction of sp³-hybridized carbons (Fsp3) is 0.810. The Bertz CT molecular complexity index is 651. The van der Waals surface area contributed by atoms with Crippen LogP contribution < -0.4 is 5.32 Å². The van der Waals surface area contributed by atoms with E-state index in [-0.39, 0.29) is 18.6 Å². The minimum atomic E-state index is -0.758. The Morgan fingerprint density at radius 2 is 1.84 bits per heavy atom. The minimum Gasteiger partial charge on any atom is -0.446 e. The lowest BCUT2D eigenvalue weighted by Crippen LogP contribution is -2.51. The average molecular weight is 456 g/mol. The predicted molar refractivity (Wildman–Crippen MR) is 114 cm³/mol. The van der Waals surface area contributed by atoms with E-state index < -0.39 is 24.0 Å². The van der Waals surface area contributed by atoms with Gasteiger partial charge >= 0.3 is 6.09 Å². The van der Waals surface area contributed by atoms with Crippen molar-refractivity contribution in [2.75, 3.05) is 24.6 Å². The summed E-state index contributed by atoms with van der Waals surface area (Å²) >= 11 is 1.82. The molecule has 10 heteroatoms. The molecular weight excluding hydrogens is 422 g/mol. The second-order valence-corrected chi connectivity index (χ2v) is 9.93. The van der Waals surface area contributed by atoms with Crippen LogP contribution in [0, 0.1) is 11.8 Å². The number of imide groups is 1. The van der Waals surface area contributed by atoms with E-state index in [0.717, 1.165) is 50.0 Å². The summed E-state index contributed by atoms with van der Waals surface area (Å²) in [4.78, 5) is 50.6. The molecule has 0 radical (unpaired) electrons. The van der Waals surface area contributed by atoms with Gasteiger partial charge in [0, 0.05) is 6.54 Å². The number of nitrogens with one attached hydrogen (secondary N) is 1. The fourth-order valence-electron chi connectivity index (χ4n) is 4.87. The number of hydrogen-bond donors (Lipinski definition) is 2. The smallest absolute Gasteiger partial charge is 0.414 e. The maximum atomic E-state index is 13.3. The molecule has 1 aliphatic carbocycles. The summed E-state index contributed by atoms with van der Waals surface area (Å²) in [6.45, 7) is 0.324. The van der Waals surface area contributed by atoms with Gasteiger partial charge in [-0.15, -0.1) is 0 Å². The molecule has 2 N–H and O–H groups in total. The first-order valence-electron chi connectivity index (χ1n) is 11.3. The highest BCUT2D eigenvalue weighted by Gasteiger charge is 2.39. The first kappa shape index (κ1) is 23.8. The van der Waals surface area contributed by atoms with Crippen molar-refractivity contribution in [3.05, 3.63) is 0 Å². The highest BCUT2D eigenvalue weighted by molar-refractivity contribution is 7.99. The Hall–Kier alpha value is -1.81. The minimum absolute atomic E-state index is 0.0919. The number of carbonyl (C=O) groups is 4. The second kappa shape index (κ2) is 11.7. The van der Waals surface area contributed by atoms with Crippen molar-refractivity contribution < 1.29 is 29.1 Å². The maximum absolute atomic E-state index is 13.3. The molecule has 0 aromatic carbocycles. The topological polar surface area (TPSA) is 116 Å². The lowest BCUT2D eigenvalue weighted by atomic mass is 9.91. The summed E-state index contributed by atoms with van der Waals surface area (Å²) in [5.74, 6) is 0.898. The number of likely N-dealkylation sites (tertiary alicyclic amines) is 1. The molecule has 3 fully saturated rings. The van der Waals surface area contributed by atoms with E-state index in [9.17, 15) is 24.4 Å². The Labute approximate surface area is 187 Å². The van der Waals surface area contributed by atoms with Gasteiger partial charge in [-0.2, -0.15) is 11.8 Å². The van der Waals surface area contributed by atoms with Crippen molar-refractivity contribution in [2.45, 2.75) is 69.9 Å². The van der Waals surface area contributed by atoms with E-state index in [1.165, 1.54) is 4.90 Å². The molecule has 2 atom stereocenters. The Morgan fingerprint density at radius 1 is 1.13 bits per heavy atom. The molecule has 31 heavy (non-hydrogen) atoms. The van der Waals surface area contributed by atoms with Gasteiger partial charge in [0.05, 0.1) is 12.5 Å². The van der Waals surface area contributed by atoms with Crippen LogP contribution in [0.5, 0.6) is 0 Å². The molecule has 0 spiro atoms. The lowest BCUT2D eigenvalue weighted by molar-refractivity contribution is -0.158. The average Bonchev–Trinajstić information content (AvgIpc) is 3.45. The van der Waals surface area contributed by atoms with Crippen LogP contribution in [0.4, 0.5) is 4.79 Å². The van der Waals surface area contributed by atoms with E-state index in [4.69, 9.17) is 4.74 Å². The third-order valence-corrected chi connectivity index (χ3v) is 7.53. The van der Waals surface area contributed by atoms with Gasteiger partial charge in [0.2, 0.25) is 12.3 Å². The Kier molecular flexibility index (Phi) is 9.01. The van der Waals surface area contributed by atoms with Crippen LogP contribution in [-0.2, 0) is 19.1 Å². The van der Waals surface area contributed by atoms with Crippen LogP contribution in [-0.4, -0.2) is 76.2 Å². The maximum Gasteiger partial charge on any atom is 0.414 e. The molecule has 2 heterocycles. The highest BCUT2D eigenvalue weighted by atomic mass is 32.2. The van der Waals surface area contributed by atoms with Crippen molar-refractivity contribution in [1.82, 2.24) is 15.3 Å². The van der Waals surface area contributed by atoms with Crippen molar-refractivity contribution in [3.8, 4) is 0 Å². The van der Waals surface area contributed by atoms with E-state index in [1.807, 2.05) is 11.8 Å². The molecule has 0 bridgehead atoms. The van der Waals surface area contributed by atoms with Crippen LogP contribution in [0.3, 0.4) is 0 Å². The van der Waals surface area contributed by atoms with Crippen molar-refractivity contribution >= 4 is 36.1 Å². The summed E-state index contributed by atoms with van der Waals surface area (Å²) in [5.41, 5.74) is 0. The standard InChI is InChI=1S/C21H33N3O6S/c25-14-23(29)13-16(12-15-4-1-2-5-15)20(27)24-9-3-6-18(24)19(26)22-21(28)30-17-7-10-31-11-8-17/h14-18,29H,1-13H2,(H,22,26,28)/t16?,18-/m0/s1. The third-order valence-electron chi connectivity index (χ3n) is 6.48. The van der Waals surface area contributed by atoms with Crippen molar-refractivity contribution in [2.24, 2.45) is 11.8 Å². The quantitative estimate of drug-likeness (QED) is 0.327. The number of ether oxygens (including phenoxy) is 1. The van der Waals surface area contributed by atoms with Crippen LogP contribution in [0.1, 0.15) is 57.8 Å². The number of thioether (sulfide) groups is 1. The zero-order valence-corrected chi connectivity index (χ0v) is 18.7. The largest absolute Gasteiger partial charge is 0.446 e. The molecular formula is C21H33N3O6S. The SMILES string of the molecule is O=CN(O)CC(CC1CCCC1)C(=O)N1CCC[C@H]1C(=O)NC(=O)OC1CCSCC1. The summed E-state index contributed by atoms with van der Waals surface area (Å²) in [6.07, 6.45) is 6.93. The first-order chi connectivity index (χ1) is 15.0. The van der Waals surface area contributed by atoms with E-state index in [2.05, 4.69) is 5.32 Å². The number of amides is 4. The van der Waals surface area contributed by atoms with E-state index in [1.54, 1.807) is 0 Å². The summed E-state index contributed by atoms with van der Waals surface area (Å²) in [5, 5.41) is 12.5. The summed E-state index contributed by atoms with van der Waals surface area (Å²) < 4.78 is 5.35. The van der Waals surface area contributed by atoms with Crippen molar-refractivity contribution in [3.63, 3.8) is 0 Å². The van der Waals surface area contributed by atoms with Gasteiger partial charge in [-0.1, -0.05) is 25.7 Å². The van der Waals surface area contributed by atoms with Gasteiger partial charge in [-0.25, -0.2) is 9.86 Å². The molecule has 1 saturated carbocycles. The lowest BCUT2D eigenvalue weighted by Gasteiger charge is -2.30. The van der Waals surface area contributed by atoms with E-state index >= 15 is 0 Å². The van der Waals surface area contributed by atoms with Crippen LogP contribution >= 0.6 is 11.8 Å². The molecule has 3 rings (SSSR count).